The Bertz CT molecular complexity index is 795. The smallest absolute Gasteiger partial charge is 0.106 e. The molecule has 0 heterocycles. The molecule has 0 bridgehead atoms. The summed E-state index contributed by atoms with van der Waals surface area (Å²) in [6, 6.07) is 13.4. The van der Waals surface area contributed by atoms with Crippen molar-refractivity contribution in [2.45, 2.75) is 38.5 Å². The highest BCUT2D eigenvalue weighted by Crippen LogP contribution is 2.45. The van der Waals surface area contributed by atoms with E-state index in [9.17, 15) is 0 Å². The second kappa shape index (κ2) is 5.28. The standard InChI is InChI=1S/C20H21NO/c1-13-6-3-11-18(21-22-2)19(13)17-12-15-9-4-7-14-8-5-10-16(17)20(14)15/h4-5,7-10,17H,3,6,11-12H2,1-2H3. The van der Waals surface area contributed by atoms with Gasteiger partial charge in [-0.3, -0.25) is 0 Å². The van der Waals surface area contributed by atoms with Gasteiger partial charge in [0.05, 0.1) is 5.71 Å². The molecular formula is C20H21NO. The van der Waals surface area contributed by atoms with Crippen LogP contribution < -0.4 is 0 Å². The third-order valence-corrected chi connectivity index (χ3v) is 5.11. The average molecular weight is 291 g/mol. The fourth-order valence-corrected chi connectivity index (χ4v) is 4.24. The van der Waals surface area contributed by atoms with Crippen LogP contribution >= 0.6 is 0 Å². The van der Waals surface area contributed by atoms with Crippen LogP contribution in [0.4, 0.5) is 0 Å². The summed E-state index contributed by atoms with van der Waals surface area (Å²) >= 11 is 0. The van der Waals surface area contributed by atoms with Crippen LogP contribution in [0.3, 0.4) is 0 Å². The number of hydrogen-bond donors (Lipinski definition) is 0. The van der Waals surface area contributed by atoms with Gasteiger partial charge in [0.1, 0.15) is 7.11 Å². The maximum Gasteiger partial charge on any atom is 0.106 e. The van der Waals surface area contributed by atoms with Crippen molar-refractivity contribution >= 4 is 16.5 Å². The minimum Gasteiger partial charge on any atom is -0.399 e. The zero-order chi connectivity index (χ0) is 15.1. The molecule has 2 heteroatoms. The van der Waals surface area contributed by atoms with Gasteiger partial charge in [-0.15, -0.1) is 0 Å². The first kappa shape index (κ1) is 13.6. The Kier molecular flexibility index (Phi) is 3.25. The SMILES string of the molecule is CON=C1CCCC(C)=C1C1Cc2cccc3cccc1c23. The molecule has 0 aromatic heterocycles. The first-order valence-electron chi connectivity index (χ1n) is 8.10. The summed E-state index contributed by atoms with van der Waals surface area (Å²) in [5, 5.41) is 7.16. The van der Waals surface area contributed by atoms with Crippen molar-refractivity contribution in [3.63, 3.8) is 0 Å². The second-order valence-electron chi connectivity index (χ2n) is 6.39. The summed E-state index contributed by atoms with van der Waals surface area (Å²) in [5.41, 5.74) is 7.00. The van der Waals surface area contributed by atoms with E-state index in [1.54, 1.807) is 7.11 Å². The van der Waals surface area contributed by atoms with Gasteiger partial charge in [-0.2, -0.15) is 0 Å². The number of oxime groups is 1. The van der Waals surface area contributed by atoms with Gasteiger partial charge < -0.3 is 4.84 Å². The molecule has 0 saturated carbocycles. The minimum absolute atomic E-state index is 0.440. The fourth-order valence-electron chi connectivity index (χ4n) is 4.24. The summed E-state index contributed by atoms with van der Waals surface area (Å²) < 4.78 is 0. The van der Waals surface area contributed by atoms with Gasteiger partial charge in [0.15, 0.2) is 0 Å². The molecule has 2 aromatic carbocycles. The molecule has 0 amide bonds. The maximum absolute atomic E-state index is 5.12. The van der Waals surface area contributed by atoms with E-state index in [1.165, 1.54) is 45.9 Å². The van der Waals surface area contributed by atoms with Gasteiger partial charge in [0.2, 0.25) is 0 Å². The lowest BCUT2D eigenvalue weighted by Gasteiger charge is -2.25. The van der Waals surface area contributed by atoms with E-state index in [1.807, 2.05) is 0 Å². The molecule has 1 unspecified atom stereocenters. The predicted octanol–water partition coefficient (Wildman–Crippen LogP) is 4.98. The van der Waals surface area contributed by atoms with Gasteiger partial charge in [-0.1, -0.05) is 47.1 Å². The molecular weight excluding hydrogens is 270 g/mol. The van der Waals surface area contributed by atoms with Crippen LogP contribution in [0.5, 0.6) is 0 Å². The zero-order valence-corrected chi connectivity index (χ0v) is 13.2. The molecule has 0 saturated heterocycles. The van der Waals surface area contributed by atoms with Crippen molar-refractivity contribution < 1.29 is 4.84 Å². The quantitative estimate of drug-likeness (QED) is 0.715. The highest BCUT2D eigenvalue weighted by molar-refractivity contribution is 6.04. The lowest BCUT2D eigenvalue weighted by molar-refractivity contribution is 0.212. The van der Waals surface area contributed by atoms with Crippen LogP contribution in [0.2, 0.25) is 0 Å². The molecule has 2 aliphatic carbocycles. The maximum atomic E-state index is 5.12. The Hall–Kier alpha value is -2.09. The average Bonchev–Trinajstić information content (AvgIpc) is 2.89. The van der Waals surface area contributed by atoms with Crippen LogP contribution in [0.15, 0.2) is 52.7 Å². The third-order valence-electron chi connectivity index (χ3n) is 5.11. The summed E-state index contributed by atoms with van der Waals surface area (Å²) in [4.78, 5) is 5.12. The topological polar surface area (TPSA) is 21.6 Å². The van der Waals surface area contributed by atoms with Crippen LogP contribution in [0.1, 0.15) is 43.2 Å². The van der Waals surface area contributed by atoms with Crippen molar-refractivity contribution in [2.24, 2.45) is 5.16 Å². The normalized spacial score (nSPS) is 22.6. The lowest BCUT2D eigenvalue weighted by atomic mass is 9.80. The van der Waals surface area contributed by atoms with Crippen molar-refractivity contribution in [2.75, 3.05) is 7.11 Å². The van der Waals surface area contributed by atoms with Gasteiger partial charge in [0.25, 0.3) is 0 Å². The first-order chi connectivity index (χ1) is 10.8. The molecule has 112 valence electrons. The van der Waals surface area contributed by atoms with E-state index >= 15 is 0 Å². The molecule has 22 heavy (non-hydrogen) atoms. The van der Waals surface area contributed by atoms with Gasteiger partial charge in [0, 0.05) is 5.92 Å². The van der Waals surface area contributed by atoms with E-state index in [4.69, 9.17) is 4.84 Å². The Morgan fingerprint density at radius 3 is 2.73 bits per heavy atom. The molecule has 0 aliphatic heterocycles. The number of benzene rings is 2. The Morgan fingerprint density at radius 2 is 1.91 bits per heavy atom. The van der Waals surface area contributed by atoms with Gasteiger partial charge in [-0.05, 0) is 60.1 Å². The molecule has 0 radical (unpaired) electrons. The number of nitrogens with zero attached hydrogens (tertiary/aromatic N) is 1. The van der Waals surface area contributed by atoms with Crippen LogP contribution in [0.25, 0.3) is 10.8 Å². The van der Waals surface area contributed by atoms with Crippen molar-refractivity contribution in [1.82, 2.24) is 0 Å². The highest BCUT2D eigenvalue weighted by atomic mass is 16.6. The van der Waals surface area contributed by atoms with Crippen molar-refractivity contribution in [1.29, 1.82) is 0 Å². The summed E-state index contributed by atoms with van der Waals surface area (Å²) in [6.07, 6.45) is 4.48. The number of rotatable bonds is 2. The monoisotopic (exact) mass is 291 g/mol. The highest BCUT2D eigenvalue weighted by Gasteiger charge is 2.32. The molecule has 2 nitrogen and oxygen atoms in total. The lowest BCUT2D eigenvalue weighted by Crippen LogP contribution is -2.18. The zero-order valence-electron chi connectivity index (χ0n) is 13.2. The number of hydrogen-bond acceptors (Lipinski definition) is 2. The number of allylic oxidation sites excluding steroid dienone is 2. The molecule has 0 spiro atoms. The molecule has 1 atom stereocenters. The van der Waals surface area contributed by atoms with Crippen molar-refractivity contribution in [3.8, 4) is 0 Å². The van der Waals surface area contributed by atoms with E-state index in [0.717, 1.165) is 18.6 Å². The van der Waals surface area contributed by atoms with Gasteiger partial charge in [-0.25, -0.2) is 0 Å². The largest absolute Gasteiger partial charge is 0.399 e. The Labute approximate surface area is 131 Å². The Morgan fingerprint density at radius 1 is 1.09 bits per heavy atom. The van der Waals surface area contributed by atoms with E-state index in [2.05, 4.69) is 48.5 Å². The van der Waals surface area contributed by atoms with E-state index < -0.39 is 0 Å². The van der Waals surface area contributed by atoms with Crippen LogP contribution in [0, 0.1) is 0 Å². The third kappa shape index (κ3) is 1.98. The van der Waals surface area contributed by atoms with Crippen molar-refractivity contribution in [3.05, 3.63) is 58.7 Å². The van der Waals surface area contributed by atoms with Gasteiger partial charge >= 0.3 is 0 Å². The summed E-state index contributed by atoms with van der Waals surface area (Å²) in [5.74, 6) is 0.440. The van der Waals surface area contributed by atoms with Crippen LogP contribution in [-0.2, 0) is 11.3 Å². The molecule has 4 rings (SSSR count). The van der Waals surface area contributed by atoms with E-state index in [-0.39, 0.29) is 0 Å². The van der Waals surface area contributed by atoms with E-state index in [0.29, 0.717) is 5.92 Å². The molecule has 2 aliphatic rings. The molecule has 0 fully saturated rings. The minimum atomic E-state index is 0.440. The fraction of sp³-hybridized carbons (Fsp3) is 0.350. The molecule has 0 N–H and O–H groups in total. The second-order valence-corrected chi connectivity index (χ2v) is 6.39. The summed E-state index contributed by atoms with van der Waals surface area (Å²) in [7, 11) is 1.65. The Balaban J connectivity index is 1.89. The van der Waals surface area contributed by atoms with Crippen LogP contribution in [-0.4, -0.2) is 12.8 Å². The summed E-state index contributed by atoms with van der Waals surface area (Å²) in [6.45, 7) is 2.27. The first-order valence-corrected chi connectivity index (χ1v) is 8.10. The predicted molar refractivity (Wildman–Crippen MR) is 91.4 cm³/mol. The molecule has 2 aromatic rings.